The maximum atomic E-state index is 15.0. The number of alkyl halides is 6. The minimum atomic E-state index is -4.93. The zero-order valence-corrected chi connectivity index (χ0v) is 31.0. The molecule has 2 aromatic heterocycles. The van der Waals surface area contributed by atoms with Crippen LogP contribution in [0.1, 0.15) is 84.8 Å². The number of aliphatic hydroxyl groups excluding tert-OH is 1. The maximum Gasteiger partial charge on any atom is 0.425 e. The number of thiophene rings is 1. The summed E-state index contributed by atoms with van der Waals surface area (Å²) in [4.78, 5) is 34.4. The van der Waals surface area contributed by atoms with Crippen LogP contribution in [-0.4, -0.2) is 88.0 Å². The van der Waals surface area contributed by atoms with Gasteiger partial charge in [-0.05, 0) is 69.5 Å². The Hall–Kier alpha value is -4.00. The SMILES string of the molecule is CCCC1N(C(=O)c2ncccc2C(F)(F)F)CCCC1(Oc1csc(C(F)(F)F)c1)C(=O)N1CCC(NC)(c2cc(F)ccc2OCCCC(O)O)CC1. The molecule has 302 valence electrons. The molecule has 3 aromatic rings. The first kappa shape index (κ1) is 42.1. The number of likely N-dealkylation sites (tertiary alicyclic amines) is 2. The highest BCUT2D eigenvalue weighted by Crippen LogP contribution is 2.44. The molecule has 0 radical (unpaired) electrons. The smallest absolute Gasteiger partial charge is 0.425 e. The third kappa shape index (κ3) is 9.18. The number of nitrogens with one attached hydrogen (secondary N) is 1. The average molecular weight is 805 g/mol. The van der Waals surface area contributed by atoms with Gasteiger partial charge in [-0.2, -0.15) is 26.3 Å². The van der Waals surface area contributed by atoms with Gasteiger partial charge in [0.05, 0.1) is 23.8 Å². The Morgan fingerprint density at radius 1 is 1.05 bits per heavy atom. The summed E-state index contributed by atoms with van der Waals surface area (Å²) in [7, 11) is 1.67. The number of rotatable bonds is 13. The van der Waals surface area contributed by atoms with Crippen molar-refractivity contribution in [1.82, 2.24) is 20.1 Å². The van der Waals surface area contributed by atoms with Crippen molar-refractivity contribution >= 4 is 23.2 Å². The number of carbonyl (C=O) groups is 2. The van der Waals surface area contributed by atoms with Crippen LogP contribution in [0.5, 0.6) is 11.5 Å². The molecule has 0 saturated carbocycles. The molecule has 55 heavy (non-hydrogen) atoms. The van der Waals surface area contributed by atoms with Crippen molar-refractivity contribution in [2.75, 3.05) is 33.3 Å². The number of halogens is 7. The molecule has 2 fully saturated rings. The van der Waals surface area contributed by atoms with Crippen molar-refractivity contribution in [3.05, 3.63) is 75.5 Å². The summed E-state index contributed by atoms with van der Waals surface area (Å²) in [5, 5.41) is 22.7. The molecule has 0 aliphatic carbocycles. The summed E-state index contributed by atoms with van der Waals surface area (Å²) in [6, 6.07) is 5.36. The summed E-state index contributed by atoms with van der Waals surface area (Å²) in [5.41, 5.74) is -4.59. The predicted octanol–water partition coefficient (Wildman–Crippen LogP) is 6.75. The summed E-state index contributed by atoms with van der Waals surface area (Å²) in [6.45, 7) is 1.87. The van der Waals surface area contributed by atoms with Gasteiger partial charge in [-0.1, -0.05) is 13.3 Å². The number of hydrogen-bond donors (Lipinski definition) is 3. The minimum Gasteiger partial charge on any atom is -0.493 e. The number of nitrogens with zero attached hydrogens (tertiary/aromatic N) is 3. The lowest BCUT2D eigenvalue weighted by Gasteiger charge is -2.51. The highest BCUT2D eigenvalue weighted by atomic mass is 32.1. The van der Waals surface area contributed by atoms with Crippen LogP contribution in [-0.2, 0) is 22.7 Å². The van der Waals surface area contributed by atoms with E-state index in [0.29, 0.717) is 35.5 Å². The normalized spacial score (nSPS) is 20.5. The first-order valence-corrected chi connectivity index (χ1v) is 18.8. The van der Waals surface area contributed by atoms with E-state index in [4.69, 9.17) is 9.47 Å². The molecule has 2 aliphatic rings. The van der Waals surface area contributed by atoms with Gasteiger partial charge in [0.25, 0.3) is 11.8 Å². The standard InChI is InChI=1S/C37H43F7N4O6S/c1-3-7-28-35(54-24-21-29(55-22-24)37(42,43)44,12-6-16-48(28)32(51)31-25(36(39,40)41)8-4-15-46-31)33(52)47-17-13-34(45-2,14-18-47)26-20-23(38)10-11-27(26)53-19-5-9-30(49)50/h4,8,10-11,15,20-22,28,30,45,49-50H,3,5-7,9,12-14,16-19H2,1-2H3. The fraction of sp³-hybridized carbons (Fsp3) is 0.541. The van der Waals surface area contributed by atoms with Crippen molar-refractivity contribution in [3.63, 3.8) is 0 Å². The number of aliphatic hydroxyl groups is 2. The van der Waals surface area contributed by atoms with E-state index in [0.717, 1.165) is 34.7 Å². The molecule has 2 unspecified atom stereocenters. The van der Waals surface area contributed by atoms with Crippen LogP contribution in [0.4, 0.5) is 30.7 Å². The van der Waals surface area contributed by atoms with Gasteiger partial charge in [-0.15, -0.1) is 11.3 Å². The second kappa shape index (κ2) is 17.0. The summed E-state index contributed by atoms with van der Waals surface area (Å²) < 4.78 is 110. The number of benzene rings is 1. The molecule has 5 rings (SSSR count). The highest BCUT2D eigenvalue weighted by Gasteiger charge is 2.57. The van der Waals surface area contributed by atoms with E-state index in [1.807, 2.05) is 0 Å². The molecule has 10 nitrogen and oxygen atoms in total. The average Bonchev–Trinajstić information content (AvgIpc) is 3.63. The van der Waals surface area contributed by atoms with Crippen LogP contribution in [0.2, 0.25) is 0 Å². The predicted molar refractivity (Wildman–Crippen MR) is 187 cm³/mol. The van der Waals surface area contributed by atoms with Crippen LogP contribution < -0.4 is 14.8 Å². The molecular formula is C37H43F7N4O6S. The Bertz CT molecular complexity index is 1800. The molecule has 18 heteroatoms. The maximum absolute atomic E-state index is 15.0. The number of ether oxygens (including phenoxy) is 2. The minimum absolute atomic E-state index is 0.0418. The molecule has 3 N–H and O–H groups in total. The molecule has 0 bridgehead atoms. The number of amides is 2. The van der Waals surface area contributed by atoms with Crippen LogP contribution in [0.25, 0.3) is 0 Å². The van der Waals surface area contributed by atoms with E-state index in [1.165, 1.54) is 23.1 Å². The summed E-state index contributed by atoms with van der Waals surface area (Å²) in [6.07, 6.45) is -8.90. The second-order valence-corrected chi connectivity index (χ2v) is 14.6. The van der Waals surface area contributed by atoms with Crippen LogP contribution in [0, 0.1) is 5.82 Å². The second-order valence-electron chi connectivity index (χ2n) is 13.7. The Labute approximate surface area is 317 Å². The molecule has 0 spiro atoms. The first-order chi connectivity index (χ1) is 26.0. The quantitative estimate of drug-likeness (QED) is 0.0986. The number of pyridine rings is 1. The molecule has 1 aromatic carbocycles. The van der Waals surface area contributed by atoms with E-state index in [9.17, 15) is 50.5 Å². The van der Waals surface area contributed by atoms with Crippen LogP contribution >= 0.6 is 11.3 Å². The lowest BCUT2D eigenvalue weighted by atomic mass is 9.77. The van der Waals surface area contributed by atoms with Crippen molar-refractivity contribution in [2.24, 2.45) is 0 Å². The van der Waals surface area contributed by atoms with Gasteiger partial charge < -0.3 is 34.8 Å². The van der Waals surface area contributed by atoms with E-state index in [-0.39, 0.29) is 70.5 Å². The lowest BCUT2D eigenvalue weighted by molar-refractivity contribution is -0.161. The number of hydrogen-bond acceptors (Lipinski definition) is 9. The van der Waals surface area contributed by atoms with Gasteiger partial charge >= 0.3 is 12.4 Å². The van der Waals surface area contributed by atoms with Crippen molar-refractivity contribution in [3.8, 4) is 11.5 Å². The third-order valence-electron chi connectivity index (χ3n) is 10.2. The molecular weight excluding hydrogens is 761 g/mol. The largest absolute Gasteiger partial charge is 0.493 e. The highest BCUT2D eigenvalue weighted by molar-refractivity contribution is 7.10. The van der Waals surface area contributed by atoms with Gasteiger partial charge in [0.15, 0.2) is 6.29 Å². The Balaban J connectivity index is 1.50. The van der Waals surface area contributed by atoms with Crippen LogP contribution in [0.15, 0.2) is 48.0 Å². The number of aromatic nitrogens is 1. The van der Waals surface area contributed by atoms with Crippen LogP contribution in [0.3, 0.4) is 0 Å². The van der Waals surface area contributed by atoms with Crippen molar-refractivity contribution in [1.29, 1.82) is 0 Å². The lowest BCUT2D eigenvalue weighted by Crippen LogP contribution is -2.69. The number of piperidine rings is 2. The fourth-order valence-corrected chi connectivity index (χ4v) is 8.22. The topological polar surface area (TPSA) is 124 Å². The van der Waals surface area contributed by atoms with Gasteiger partial charge in [0.1, 0.15) is 27.9 Å². The Morgan fingerprint density at radius 3 is 2.40 bits per heavy atom. The van der Waals surface area contributed by atoms with Crippen molar-refractivity contribution in [2.45, 2.75) is 94.1 Å². The first-order valence-electron chi connectivity index (χ1n) is 17.9. The van der Waals surface area contributed by atoms with Gasteiger partial charge in [-0.25, -0.2) is 4.39 Å². The summed E-state index contributed by atoms with van der Waals surface area (Å²) in [5.74, 6) is -2.21. The third-order valence-corrected chi connectivity index (χ3v) is 11.2. The van der Waals surface area contributed by atoms with E-state index in [2.05, 4.69) is 10.3 Å². The number of carbonyl (C=O) groups excluding carboxylic acids is 2. The Morgan fingerprint density at radius 2 is 1.78 bits per heavy atom. The molecule has 4 heterocycles. The van der Waals surface area contributed by atoms with Gasteiger partial charge in [0, 0.05) is 55.7 Å². The Kier molecular flexibility index (Phi) is 13.0. The monoisotopic (exact) mass is 804 g/mol. The van der Waals surface area contributed by atoms with E-state index < -0.39 is 69.6 Å². The molecule has 2 amide bonds. The zero-order valence-electron chi connectivity index (χ0n) is 30.2. The van der Waals surface area contributed by atoms with Gasteiger partial charge in [-0.3, -0.25) is 14.6 Å². The fourth-order valence-electron chi connectivity index (χ4n) is 7.54. The van der Waals surface area contributed by atoms with E-state index >= 15 is 0 Å². The molecule has 2 aliphatic heterocycles. The summed E-state index contributed by atoms with van der Waals surface area (Å²) >= 11 is 0.359. The van der Waals surface area contributed by atoms with Gasteiger partial charge in [0.2, 0.25) is 5.60 Å². The molecule has 2 saturated heterocycles. The van der Waals surface area contributed by atoms with E-state index in [1.54, 1.807) is 14.0 Å². The molecule has 2 atom stereocenters. The zero-order chi connectivity index (χ0) is 40.2. The van der Waals surface area contributed by atoms with Crippen molar-refractivity contribution < 1.29 is 60.0 Å².